The van der Waals surface area contributed by atoms with Gasteiger partial charge in [0.2, 0.25) is 0 Å². The molecule has 0 spiro atoms. The summed E-state index contributed by atoms with van der Waals surface area (Å²) in [5.74, 6) is 0. The van der Waals surface area contributed by atoms with Crippen LogP contribution in [0.15, 0.2) is 24.3 Å². The third kappa shape index (κ3) is 10.2. The first-order valence-corrected chi connectivity index (χ1v) is 18.9. The number of hydrogen-bond donors (Lipinski definition) is 0. The van der Waals surface area contributed by atoms with Crippen LogP contribution in [0, 0.1) is 0 Å². The fraction of sp³-hybridized carbons (Fsp3) is 0.643. The van der Waals surface area contributed by atoms with Crippen LogP contribution in [0.2, 0.25) is 13.1 Å². The maximum atomic E-state index is 4.89. The summed E-state index contributed by atoms with van der Waals surface area (Å²) >= 11 is -0.556. The Balaban J connectivity index is 0.000000258. The zero-order chi connectivity index (χ0) is 24.4. The van der Waals surface area contributed by atoms with Gasteiger partial charge in [-0.25, -0.2) is 12.1 Å². The number of hydrogen-bond acceptors (Lipinski definition) is 0. The number of fused-ring (bicyclic) bond motifs is 2. The molecule has 0 nitrogen and oxygen atoms in total. The van der Waals surface area contributed by atoms with E-state index in [9.17, 15) is 0 Å². The SMILES string of the molecule is CC(C)(C)c1cc2c([cH-]1)CCCC2.CC(C)(C)c1cc2c([cH-]1)CCCC2.C[SiH]C.[Cl][Ti][Cl]. The molecule has 4 heteroatoms. The van der Waals surface area contributed by atoms with Gasteiger partial charge in [0.15, 0.2) is 0 Å². The Kier molecular flexibility index (Phi) is 13.8. The van der Waals surface area contributed by atoms with Crippen molar-refractivity contribution >= 4 is 28.1 Å². The van der Waals surface area contributed by atoms with Crippen LogP contribution in [0.5, 0.6) is 0 Å². The molecular formula is C28H45Cl2SiTi-2. The standard InChI is InChI=1S/2C13H19.C2H7Si.2ClH.Ti/c2*1-13(2,3)12-8-10-6-4-5-7-11(10)9-12;1-3-2;;;/h2*8-9H,4-7H2,1-3H3;3H,1-2H3;2*1H;/q2*-1;;;;+2/p-2. The molecule has 2 aliphatic carbocycles. The first-order valence-electron chi connectivity index (χ1n) is 12.3. The predicted molar refractivity (Wildman–Crippen MR) is 145 cm³/mol. The van der Waals surface area contributed by atoms with Gasteiger partial charge in [0, 0.05) is 9.52 Å². The molecule has 0 heterocycles. The molecule has 0 atom stereocenters. The van der Waals surface area contributed by atoms with E-state index in [2.05, 4.69) is 78.9 Å². The van der Waals surface area contributed by atoms with Crippen molar-refractivity contribution in [1.82, 2.24) is 0 Å². The molecular weight excluding hydrogens is 483 g/mol. The fourth-order valence-corrected chi connectivity index (χ4v) is 4.26. The van der Waals surface area contributed by atoms with Crippen LogP contribution in [0.25, 0.3) is 0 Å². The van der Waals surface area contributed by atoms with E-state index >= 15 is 0 Å². The van der Waals surface area contributed by atoms with Gasteiger partial charge >= 0.3 is 35.6 Å². The molecule has 4 rings (SSSR count). The van der Waals surface area contributed by atoms with Crippen LogP contribution in [0.1, 0.15) is 101 Å². The Morgan fingerprint density at radius 2 is 0.969 bits per heavy atom. The summed E-state index contributed by atoms with van der Waals surface area (Å²) in [5, 5.41) is 0. The molecule has 32 heavy (non-hydrogen) atoms. The molecule has 0 unspecified atom stereocenters. The summed E-state index contributed by atoms with van der Waals surface area (Å²) in [4.78, 5) is 0. The average molecular weight is 529 g/mol. The first-order chi connectivity index (χ1) is 15.0. The molecule has 0 saturated carbocycles. The van der Waals surface area contributed by atoms with E-state index in [0.29, 0.717) is 10.8 Å². The van der Waals surface area contributed by atoms with Crippen LogP contribution >= 0.6 is 18.6 Å². The van der Waals surface area contributed by atoms with Gasteiger partial charge in [-0.05, 0) is 10.8 Å². The average Bonchev–Trinajstić information content (AvgIpc) is 3.34. The van der Waals surface area contributed by atoms with E-state index in [4.69, 9.17) is 18.6 Å². The minimum atomic E-state index is -0.556. The van der Waals surface area contributed by atoms with Crippen LogP contribution in [-0.4, -0.2) is 9.52 Å². The van der Waals surface area contributed by atoms with Gasteiger partial charge in [-0.15, -0.1) is 0 Å². The second-order valence-corrected chi connectivity index (χ2v) is 14.9. The van der Waals surface area contributed by atoms with Crippen LogP contribution in [0.4, 0.5) is 0 Å². The Morgan fingerprint density at radius 3 is 1.22 bits per heavy atom. The molecule has 1 radical (unpaired) electrons. The summed E-state index contributed by atoms with van der Waals surface area (Å²) in [7, 11) is 10.5. The van der Waals surface area contributed by atoms with Crippen molar-refractivity contribution in [1.29, 1.82) is 0 Å². The van der Waals surface area contributed by atoms with E-state index in [1.165, 1.54) is 62.5 Å². The third-order valence-electron chi connectivity index (χ3n) is 6.16. The Bertz CT molecular complexity index is 661. The molecule has 0 aliphatic heterocycles. The summed E-state index contributed by atoms with van der Waals surface area (Å²) in [6, 6.07) is 9.70. The van der Waals surface area contributed by atoms with Crippen molar-refractivity contribution in [3.63, 3.8) is 0 Å². The van der Waals surface area contributed by atoms with Gasteiger partial charge in [0.25, 0.3) is 0 Å². The van der Waals surface area contributed by atoms with Crippen LogP contribution in [0.3, 0.4) is 0 Å². The fourth-order valence-electron chi connectivity index (χ4n) is 4.26. The van der Waals surface area contributed by atoms with E-state index < -0.39 is 17.0 Å². The van der Waals surface area contributed by atoms with Gasteiger partial charge < -0.3 is 0 Å². The molecule has 2 aromatic rings. The molecule has 181 valence electrons. The summed E-state index contributed by atoms with van der Waals surface area (Å²) in [5.41, 5.74) is 10.2. The summed E-state index contributed by atoms with van der Waals surface area (Å²) < 4.78 is 0. The summed E-state index contributed by atoms with van der Waals surface area (Å²) in [6.45, 7) is 18.2. The quantitative estimate of drug-likeness (QED) is 0.236. The Labute approximate surface area is 218 Å². The van der Waals surface area contributed by atoms with E-state index in [1.54, 1.807) is 22.3 Å². The zero-order valence-electron chi connectivity index (χ0n) is 21.8. The monoisotopic (exact) mass is 527 g/mol. The second kappa shape index (κ2) is 14.6. The molecule has 2 aliphatic rings. The van der Waals surface area contributed by atoms with Crippen molar-refractivity contribution in [2.75, 3.05) is 0 Å². The van der Waals surface area contributed by atoms with Crippen molar-refractivity contribution in [3.8, 4) is 0 Å². The van der Waals surface area contributed by atoms with Gasteiger partial charge in [-0.3, -0.25) is 0 Å². The van der Waals surface area contributed by atoms with Crippen molar-refractivity contribution in [3.05, 3.63) is 57.6 Å². The van der Waals surface area contributed by atoms with Crippen LogP contribution in [-0.2, 0) is 53.5 Å². The first kappa shape index (κ1) is 30.2. The van der Waals surface area contributed by atoms with Crippen molar-refractivity contribution in [2.24, 2.45) is 0 Å². The second-order valence-electron chi connectivity index (χ2n) is 11.2. The molecule has 0 bridgehead atoms. The van der Waals surface area contributed by atoms with Crippen LogP contribution < -0.4 is 0 Å². The van der Waals surface area contributed by atoms with Gasteiger partial charge in [-0.2, -0.15) is 45.5 Å². The van der Waals surface area contributed by atoms with Gasteiger partial charge in [0.05, 0.1) is 0 Å². The molecule has 0 fully saturated rings. The zero-order valence-corrected chi connectivity index (χ0v) is 26.0. The van der Waals surface area contributed by atoms with Crippen molar-refractivity contribution < 1.29 is 17.0 Å². The number of rotatable bonds is 0. The Hall–Kier alpha value is 0.211. The molecule has 0 amide bonds. The maximum absolute atomic E-state index is 4.89. The normalized spacial score (nSPS) is 14.9. The topological polar surface area (TPSA) is 0 Å². The Morgan fingerprint density at radius 1 is 0.688 bits per heavy atom. The molecule has 0 aromatic heterocycles. The molecule has 0 N–H and O–H groups in total. The third-order valence-corrected chi connectivity index (χ3v) is 6.16. The van der Waals surface area contributed by atoms with Gasteiger partial charge in [-0.1, -0.05) is 106 Å². The number of aryl methyl sites for hydroxylation is 4. The minimum absolute atomic E-state index is 0.331. The molecule has 0 saturated heterocycles. The number of halogens is 2. The summed E-state index contributed by atoms with van der Waals surface area (Å²) in [6.07, 6.45) is 10.8. The molecule has 2 aromatic carbocycles. The van der Waals surface area contributed by atoms with E-state index in [-0.39, 0.29) is 0 Å². The van der Waals surface area contributed by atoms with E-state index in [0.717, 1.165) is 9.52 Å². The predicted octanol–water partition coefficient (Wildman–Crippen LogP) is 9.06. The van der Waals surface area contributed by atoms with Crippen molar-refractivity contribution in [2.45, 2.75) is 117 Å². The van der Waals surface area contributed by atoms with Gasteiger partial charge in [0.1, 0.15) is 0 Å². The van der Waals surface area contributed by atoms with E-state index in [1.807, 2.05) is 0 Å².